The summed E-state index contributed by atoms with van der Waals surface area (Å²) in [5.41, 5.74) is 0.971. The van der Waals surface area contributed by atoms with Crippen LogP contribution in [0, 0.1) is 0 Å². The van der Waals surface area contributed by atoms with E-state index in [1.165, 1.54) is 24.2 Å². The number of halogens is 1. The van der Waals surface area contributed by atoms with Crippen molar-refractivity contribution >= 4 is 17.5 Å². The minimum atomic E-state index is 0.115. The van der Waals surface area contributed by atoms with Crippen molar-refractivity contribution in [1.29, 1.82) is 0 Å². The van der Waals surface area contributed by atoms with Gasteiger partial charge in [0.05, 0.1) is 12.6 Å². The van der Waals surface area contributed by atoms with Crippen molar-refractivity contribution in [3.05, 3.63) is 34.9 Å². The topological polar surface area (TPSA) is 33.5 Å². The molecule has 1 aromatic rings. The standard InChI is InChI=1S/C15H21ClN2O/c1-12-6-4-5-9-18(12)11-15(19)17-10-13-7-2-3-8-14(13)16/h2-3,7-8,12H,4-6,9-11H2,1H3,(H,17,19)/p+1/t12-/m0/s1. The molecule has 2 rings (SSSR count). The molecule has 1 aromatic carbocycles. The minimum Gasteiger partial charge on any atom is -0.347 e. The number of benzene rings is 1. The van der Waals surface area contributed by atoms with Crippen LogP contribution in [-0.4, -0.2) is 25.0 Å². The number of rotatable bonds is 4. The first-order valence-corrected chi connectivity index (χ1v) is 7.39. The zero-order valence-corrected chi connectivity index (χ0v) is 12.2. The Morgan fingerprint density at radius 1 is 1.42 bits per heavy atom. The van der Waals surface area contributed by atoms with E-state index in [4.69, 9.17) is 11.6 Å². The highest BCUT2D eigenvalue weighted by molar-refractivity contribution is 6.31. The van der Waals surface area contributed by atoms with Gasteiger partial charge >= 0.3 is 0 Å². The van der Waals surface area contributed by atoms with Crippen LogP contribution in [0.3, 0.4) is 0 Å². The first-order chi connectivity index (χ1) is 9.16. The van der Waals surface area contributed by atoms with Gasteiger partial charge < -0.3 is 10.2 Å². The van der Waals surface area contributed by atoms with E-state index in [0.29, 0.717) is 24.2 Å². The van der Waals surface area contributed by atoms with Crippen LogP contribution >= 0.6 is 11.6 Å². The van der Waals surface area contributed by atoms with Crippen LogP contribution < -0.4 is 10.2 Å². The average molecular weight is 282 g/mol. The molecule has 2 N–H and O–H groups in total. The maximum absolute atomic E-state index is 12.0. The summed E-state index contributed by atoms with van der Waals surface area (Å²) in [5, 5.41) is 3.67. The van der Waals surface area contributed by atoms with Gasteiger partial charge in [-0.2, -0.15) is 0 Å². The molecule has 0 aromatic heterocycles. The zero-order valence-electron chi connectivity index (χ0n) is 11.4. The van der Waals surface area contributed by atoms with Gasteiger partial charge in [0.25, 0.3) is 5.91 Å². The van der Waals surface area contributed by atoms with E-state index in [1.807, 2.05) is 24.3 Å². The van der Waals surface area contributed by atoms with Crippen molar-refractivity contribution in [3.8, 4) is 0 Å². The van der Waals surface area contributed by atoms with Crippen LogP contribution in [0.1, 0.15) is 31.7 Å². The smallest absolute Gasteiger partial charge is 0.275 e. The van der Waals surface area contributed by atoms with Gasteiger partial charge in [-0.3, -0.25) is 4.79 Å². The first-order valence-electron chi connectivity index (χ1n) is 7.01. The van der Waals surface area contributed by atoms with Gasteiger partial charge in [-0.15, -0.1) is 0 Å². The maximum Gasteiger partial charge on any atom is 0.275 e. The first kappa shape index (κ1) is 14.4. The highest BCUT2D eigenvalue weighted by atomic mass is 35.5. The fourth-order valence-corrected chi connectivity index (χ4v) is 2.82. The molecule has 104 valence electrons. The number of hydrogen-bond donors (Lipinski definition) is 2. The number of carbonyl (C=O) groups is 1. The summed E-state index contributed by atoms with van der Waals surface area (Å²) in [6, 6.07) is 8.22. The summed E-state index contributed by atoms with van der Waals surface area (Å²) in [6.45, 7) is 4.43. The van der Waals surface area contributed by atoms with E-state index < -0.39 is 0 Å². The molecule has 1 saturated heterocycles. The lowest BCUT2D eigenvalue weighted by molar-refractivity contribution is -0.921. The quantitative estimate of drug-likeness (QED) is 0.860. The molecule has 1 aliphatic heterocycles. The van der Waals surface area contributed by atoms with E-state index in [0.717, 1.165) is 12.1 Å². The van der Waals surface area contributed by atoms with Crippen LogP contribution in [0.25, 0.3) is 0 Å². The highest BCUT2D eigenvalue weighted by Crippen LogP contribution is 2.14. The Kier molecular flexibility index (Phi) is 5.23. The van der Waals surface area contributed by atoms with Crippen LogP contribution in [0.2, 0.25) is 5.02 Å². The summed E-state index contributed by atoms with van der Waals surface area (Å²) in [5.74, 6) is 0.115. The van der Waals surface area contributed by atoms with Crippen molar-refractivity contribution in [2.75, 3.05) is 13.1 Å². The Hall–Kier alpha value is -1.06. The normalized spacial score (nSPS) is 23.1. The molecular weight excluding hydrogens is 260 g/mol. The van der Waals surface area contributed by atoms with Crippen molar-refractivity contribution in [2.45, 2.75) is 38.8 Å². The van der Waals surface area contributed by atoms with Crippen molar-refractivity contribution in [2.24, 2.45) is 0 Å². The molecule has 0 bridgehead atoms. The van der Waals surface area contributed by atoms with Crippen molar-refractivity contribution in [3.63, 3.8) is 0 Å². The van der Waals surface area contributed by atoms with Crippen LogP contribution in [-0.2, 0) is 11.3 Å². The number of carbonyl (C=O) groups excluding carboxylic acids is 1. The molecule has 0 aliphatic carbocycles. The lowest BCUT2D eigenvalue weighted by Crippen LogP contribution is -3.17. The summed E-state index contributed by atoms with van der Waals surface area (Å²) in [4.78, 5) is 13.4. The van der Waals surface area contributed by atoms with Crippen LogP contribution in [0.15, 0.2) is 24.3 Å². The van der Waals surface area contributed by atoms with Gasteiger partial charge in [0.15, 0.2) is 6.54 Å². The monoisotopic (exact) mass is 281 g/mol. The summed E-state index contributed by atoms with van der Waals surface area (Å²) >= 11 is 6.07. The highest BCUT2D eigenvalue weighted by Gasteiger charge is 2.23. The number of likely N-dealkylation sites (tertiary alicyclic amines) is 1. The van der Waals surface area contributed by atoms with Crippen molar-refractivity contribution < 1.29 is 9.69 Å². The second-order valence-electron chi connectivity index (χ2n) is 5.35. The van der Waals surface area contributed by atoms with E-state index in [2.05, 4.69) is 12.2 Å². The molecule has 4 heteroatoms. The molecule has 1 fully saturated rings. The van der Waals surface area contributed by atoms with Gasteiger partial charge in [0, 0.05) is 11.6 Å². The minimum absolute atomic E-state index is 0.115. The molecule has 1 amide bonds. The number of amides is 1. The van der Waals surface area contributed by atoms with Gasteiger partial charge in [-0.05, 0) is 37.8 Å². The lowest BCUT2D eigenvalue weighted by atomic mass is 10.0. The number of piperidine rings is 1. The summed E-state index contributed by atoms with van der Waals surface area (Å²) in [7, 11) is 0. The largest absolute Gasteiger partial charge is 0.347 e. The number of quaternary nitrogens is 1. The Morgan fingerprint density at radius 3 is 2.95 bits per heavy atom. The third kappa shape index (κ3) is 4.22. The second kappa shape index (κ2) is 6.92. The Morgan fingerprint density at radius 2 is 2.21 bits per heavy atom. The van der Waals surface area contributed by atoms with E-state index >= 15 is 0 Å². The predicted octanol–water partition coefficient (Wildman–Crippen LogP) is 1.41. The molecule has 0 saturated carbocycles. The molecule has 0 spiro atoms. The van der Waals surface area contributed by atoms with Crippen LogP contribution in [0.4, 0.5) is 0 Å². The van der Waals surface area contributed by atoms with Crippen LogP contribution in [0.5, 0.6) is 0 Å². The molecular formula is C15H22ClN2O+. The maximum atomic E-state index is 12.0. The zero-order chi connectivity index (χ0) is 13.7. The third-order valence-corrected chi connectivity index (χ3v) is 4.27. The fraction of sp³-hybridized carbons (Fsp3) is 0.533. The molecule has 3 nitrogen and oxygen atoms in total. The third-order valence-electron chi connectivity index (χ3n) is 3.90. The lowest BCUT2D eigenvalue weighted by Gasteiger charge is -2.29. The average Bonchev–Trinajstić information content (AvgIpc) is 2.40. The molecule has 19 heavy (non-hydrogen) atoms. The number of nitrogens with one attached hydrogen (secondary N) is 2. The summed E-state index contributed by atoms with van der Waals surface area (Å²) in [6.07, 6.45) is 3.76. The Balaban J connectivity index is 1.80. The van der Waals surface area contributed by atoms with E-state index in [9.17, 15) is 4.79 Å². The van der Waals surface area contributed by atoms with Gasteiger partial charge in [-0.1, -0.05) is 29.8 Å². The fourth-order valence-electron chi connectivity index (χ4n) is 2.62. The van der Waals surface area contributed by atoms with Gasteiger partial charge in [0.1, 0.15) is 0 Å². The van der Waals surface area contributed by atoms with E-state index in [-0.39, 0.29) is 5.91 Å². The summed E-state index contributed by atoms with van der Waals surface area (Å²) < 4.78 is 0. The van der Waals surface area contributed by atoms with Gasteiger partial charge in [0.2, 0.25) is 0 Å². The van der Waals surface area contributed by atoms with Crippen molar-refractivity contribution in [1.82, 2.24) is 5.32 Å². The predicted molar refractivity (Wildman–Crippen MR) is 77.3 cm³/mol. The molecule has 1 unspecified atom stereocenters. The van der Waals surface area contributed by atoms with E-state index in [1.54, 1.807) is 0 Å². The number of hydrogen-bond acceptors (Lipinski definition) is 1. The second-order valence-corrected chi connectivity index (χ2v) is 5.76. The Bertz CT molecular complexity index is 436. The van der Waals surface area contributed by atoms with Gasteiger partial charge in [-0.25, -0.2) is 0 Å². The molecule has 2 atom stereocenters. The molecule has 1 aliphatic rings. The molecule has 1 heterocycles. The SMILES string of the molecule is C[C@H]1CCCC[NH+]1CC(=O)NCc1ccccc1Cl. The molecule has 0 radical (unpaired) electrons. The Labute approximate surface area is 119 Å².